The van der Waals surface area contributed by atoms with Crippen molar-refractivity contribution in [1.29, 1.82) is 0 Å². The van der Waals surface area contributed by atoms with Crippen LogP contribution in [0.15, 0.2) is 36.5 Å². The molecular formula is C69H128O6. The number of allylic oxidation sites excluding steroid dienone is 6. The van der Waals surface area contributed by atoms with Crippen LogP contribution in [0.5, 0.6) is 0 Å². The van der Waals surface area contributed by atoms with Gasteiger partial charge in [0, 0.05) is 19.3 Å². The quantitative estimate of drug-likeness (QED) is 0.0261. The second-order valence-electron chi connectivity index (χ2n) is 22.7. The number of hydrogen-bond donors (Lipinski definition) is 0. The van der Waals surface area contributed by atoms with Crippen molar-refractivity contribution < 1.29 is 28.6 Å². The molecule has 1 atom stereocenters. The summed E-state index contributed by atoms with van der Waals surface area (Å²) in [4.78, 5) is 38.3. The Hall–Kier alpha value is -2.37. The second-order valence-corrected chi connectivity index (χ2v) is 22.7. The van der Waals surface area contributed by atoms with Crippen LogP contribution in [0.4, 0.5) is 0 Å². The highest BCUT2D eigenvalue weighted by Crippen LogP contribution is 2.18. The monoisotopic (exact) mass is 1050 g/mol. The van der Waals surface area contributed by atoms with Crippen LogP contribution in [0.1, 0.15) is 367 Å². The lowest BCUT2D eigenvalue weighted by Gasteiger charge is -2.18. The van der Waals surface area contributed by atoms with Gasteiger partial charge in [0.1, 0.15) is 13.2 Å². The van der Waals surface area contributed by atoms with Gasteiger partial charge in [-0.25, -0.2) is 0 Å². The van der Waals surface area contributed by atoms with E-state index >= 15 is 0 Å². The summed E-state index contributed by atoms with van der Waals surface area (Å²) >= 11 is 0. The van der Waals surface area contributed by atoms with E-state index in [0.29, 0.717) is 19.3 Å². The molecule has 0 heterocycles. The van der Waals surface area contributed by atoms with Crippen molar-refractivity contribution in [3.8, 4) is 0 Å². The molecule has 0 aliphatic heterocycles. The predicted octanol–water partition coefficient (Wildman–Crippen LogP) is 22.8. The first-order chi connectivity index (χ1) is 37.0. The van der Waals surface area contributed by atoms with Crippen molar-refractivity contribution in [3.05, 3.63) is 36.5 Å². The lowest BCUT2D eigenvalue weighted by molar-refractivity contribution is -0.167. The molecule has 440 valence electrons. The molecule has 75 heavy (non-hydrogen) atoms. The largest absolute Gasteiger partial charge is 0.462 e. The van der Waals surface area contributed by atoms with Gasteiger partial charge >= 0.3 is 17.9 Å². The first kappa shape index (κ1) is 72.6. The van der Waals surface area contributed by atoms with Gasteiger partial charge in [-0.05, 0) is 77.0 Å². The molecule has 1 unspecified atom stereocenters. The molecule has 0 saturated heterocycles. The van der Waals surface area contributed by atoms with Gasteiger partial charge in [-0.15, -0.1) is 0 Å². The zero-order valence-electron chi connectivity index (χ0n) is 50.6. The summed E-state index contributed by atoms with van der Waals surface area (Å²) in [5.74, 6) is -0.860. The number of carbonyl (C=O) groups is 3. The van der Waals surface area contributed by atoms with E-state index in [1.54, 1.807) is 0 Å². The Morgan fingerprint density at radius 2 is 0.480 bits per heavy atom. The van der Waals surface area contributed by atoms with E-state index in [2.05, 4.69) is 57.2 Å². The summed E-state index contributed by atoms with van der Waals surface area (Å²) < 4.78 is 17.0. The Balaban J connectivity index is 4.27. The Bertz CT molecular complexity index is 1250. The molecule has 0 rings (SSSR count). The molecule has 6 nitrogen and oxygen atoms in total. The smallest absolute Gasteiger partial charge is 0.306 e. The minimum Gasteiger partial charge on any atom is -0.462 e. The van der Waals surface area contributed by atoms with Crippen LogP contribution in [-0.4, -0.2) is 37.2 Å². The van der Waals surface area contributed by atoms with Gasteiger partial charge in [-0.3, -0.25) is 14.4 Å². The maximum Gasteiger partial charge on any atom is 0.306 e. The lowest BCUT2D eigenvalue weighted by Crippen LogP contribution is -2.30. The van der Waals surface area contributed by atoms with Gasteiger partial charge in [0.2, 0.25) is 0 Å². The van der Waals surface area contributed by atoms with Gasteiger partial charge in [-0.1, -0.05) is 308 Å². The average molecular weight is 1050 g/mol. The average Bonchev–Trinajstić information content (AvgIpc) is 3.41. The van der Waals surface area contributed by atoms with Crippen LogP contribution in [-0.2, 0) is 28.6 Å². The van der Waals surface area contributed by atoms with Crippen molar-refractivity contribution in [3.63, 3.8) is 0 Å². The van der Waals surface area contributed by atoms with E-state index in [1.807, 2.05) is 0 Å². The molecule has 0 aliphatic carbocycles. The first-order valence-corrected chi connectivity index (χ1v) is 33.5. The van der Waals surface area contributed by atoms with Gasteiger partial charge in [0.25, 0.3) is 0 Å². The van der Waals surface area contributed by atoms with E-state index in [4.69, 9.17) is 14.2 Å². The van der Waals surface area contributed by atoms with Crippen LogP contribution >= 0.6 is 0 Å². The van der Waals surface area contributed by atoms with Crippen LogP contribution in [0.3, 0.4) is 0 Å². The number of carbonyl (C=O) groups excluding carboxylic acids is 3. The minimum absolute atomic E-state index is 0.0720. The third-order valence-electron chi connectivity index (χ3n) is 15.1. The number of hydrogen-bond acceptors (Lipinski definition) is 6. The fourth-order valence-electron chi connectivity index (χ4n) is 10.1. The maximum absolute atomic E-state index is 12.9. The zero-order valence-corrected chi connectivity index (χ0v) is 50.6. The Morgan fingerprint density at radius 3 is 0.773 bits per heavy atom. The van der Waals surface area contributed by atoms with Gasteiger partial charge in [0.05, 0.1) is 0 Å². The molecule has 0 aliphatic rings. The third kappa shape index (κ3) is 62.4. The number of ether oxygens (including phenoxy) is 3. The summed E-state index contributed by atoms with van der Waals surface area (Å²) in [5.41, 5.74) is 0. The number of unbranched alkanes of at least 4 members (excludes halogenated alkanes) is 45. The lowest BCUT2D eigenvalue weighted by atomic mass is 10.0. The molecular weight excluding hydrogens is 925 g/mol. The molecule has 6 heteroatoms. The third-order valence-corrected chi connectivity index (χ3v) is 15.1. The molecule has 0 aromatic carbocycles. The summed E-state index contributed by atoms with van der Waals surface area (Å²) in [7, 11) is 0. The molecule has 0 saturated carbocycles. The molecule has 0 radical (unpaired) electrons. The van der Waals surface area contributed by atoms with E-state index in [-0.39, 0.29) is 31.1 Å². The fraction of sp³-hybridized carbons (Fsp3) is 0.870. The van der Waals surface area contributed by atoms with E-state index < -0.39 is 6.10 Å². The van der Waals surface area contributed by atoms with Crippen LogP contribution in [0, 0.1) is 0 Å². The van der Waals surface area contributed by atoms with Gasteiger partial charge in [-0.2, -0.15) is 0 Å². The van der Waals surface area contributed by atoms with Crippen LogP contribution < -0.4 is 0 Å². The van der Waals surface area contributed by atoms with Gasteiger partial charge in [0.15, 0.2) is 6.10 Å². The Morgan fingerprint density at radius 1 is 0.267 bits per heavy atom. The van der Waals surface area contributed by atoms with Crippen molar-refractivity contribution >= 4 is 17.9 Å². The number of esters is 3. The summed E-state index contributed by atoms with van der Waals surface area (Å²) in [6.45, 7) is 6.66. The van der Waals surface area contributed by atoms with E-state index in [0.717, 1.165) is 70.6 Å². The minimum atomic E-state index is -0.776. The van der Waals surface area contributed by atoms with Crippen molar-refractivity contribution in [2.75, 3.05) is 13.2 Å². The standard InChI is InChI=1S/C69H128O6/c1-4-7-10-13-16-19-22-25-28-30-32-33-34-35-36-38-39-41-44-47-50-53-56-59-62-68(71)74-65-66(64-73-67(70)61-58-55-52-49-46-43-27-24-21-18-15-12-9-6-3)75-69(72)63-60-57-54-51-48-45-42-40-37-31-29-26-23-20-17-14-11-8-5-2/h17,20,24,26-27,29,66H,4-16,18-19,21-23,25,28,30-65H2,1-3H3/b20-17-,27-24-,29-26-. The van der Waals surface area contributed by atoms with Crippen LogP contribution in [0.2, 0.25) is 0 Å². The highest BCUT2D eigenvalue weighted by atomic mass is 16.6. The highest BCUT2D eigenvalue weighted by Gasteiger charge is 2.19. The fourth-order valence-corrected chi connectivity index (χ4v) is 10.1. The molecule has 0 spiro atoms. The normalized spacial score (nSPS) is 12.2. The van der Waals surface area contributed by atoms with Gasteiger partial charge < -0.3 is 14.2 Å². The zero-order chi connectivity index (χ0) is 54.3. The Labute approximate surface area is 467 Å². The SMILES string of the molecule is CCCCC/C=C\C/C=C\CCCCCCCCCCCC(=O)OC(COC(=O)CCCCCCC/C=C\CCCCCCC)COC(=O)CCCCCCCCCCCCCCCCCCCCCCCCCC. The molecule has 0 aromatic rings. The number of rotatable bonds is 62. The van der Waals surface area contributed by atoms with Crippen molar-refractivity contribution in [2.24, 2.45) is 0 Å². The Kier molecular flexibility index (Phi) is 62.1. The highest BCUT2D eigenvalue weighted by molar-refractivity contribution is 5.71. The predicted molar refractivity (Wildman–Crippen MR) is 326 cm³/mol. The maximum atomic E-state index is 12.9. The van der Waals surface area contributed by atoms with Crippen molar-refractivity contribution in [2.45, 2.75) is 374 Å². The second kappa shape index (κ2) is 64.2. The molecule has 0 aromatic heterocycles. The first-order valence-electron chi connectivity index (χ1n) is 33.5. The molecule has 0 N–H and O–H groups in total. The molecule has 0 bridgehead atoms. The molecule has 0 fully saturated rings. The summed E-state index contributed by atoms with van der Waals surface area (Å²) in [5, 5.41) is 0. The van der Waals surface area contributed by atoms with E-state index in [9.17, 15) is 14.4 Å². The summed E-state index contributed by atoms with van der Waals surface area (Å²) in [6.07, 6.45) is 78.7. The molecule has 0 amide bonds. The van der Waals surface area contributed by atoms with Crippen LogP contribution in [0.25, 0.3) is 0 Å². The summed E-state index contributed by atoms with van der Waals surface area (Å²) in [6, 6.07) is 0. The topological polar surface area (TPSA) is 78.9 Å². The van der Waals surface area contributed by atoms with E-state index in [1.165, 1.54) is 257 Å². The van der Waals surface area contributed by atoms with Crippen molar-refractivity contribution in [1.82, 2.24) is 0 Å².